The van der Waals surface area contributed by atoms with Crippen LogP contribution in [0.15, 0.2) is 0 Å². The first-order valence-corrected chi connectivity index (χ1v) is 6.13. The van der Waals surface area contributed by atoms with Gasteiger partial charge in [0.05, 0.1) is 12.0 Å². The van der Waals surface area contributed by atoms with Crippen LogP contribution in [0.3, 0.4) is 0 Å². The van der Waals surface area contributed by atoms with Crippen LogP contribution in [-0.2, 0) is 9.59 Å². The van der Waals surface area contributed by atoms with E-state index in [-0.39, 0.29) is 6.42 Å². The van der Waals surface area contributed by atoms with Crippen LogP contribution in [0.25, 0.3) is 0 Å². The van der Waals surface area contributed by atoms with Crippen molar-refractivity contribution in [3.8, 4) is 0 Å². The molecule has 6 heteroatoms. The van der Waals surface area contributed by atoms with Crippen LogP contribution in [0.2, 0.25) is 0 Å². The molecule has 0 unspecified atom stereocenters. The minimum atomic E-state index is -2.59. The largest absolute Gasteiger partial charge is 0.481 e. The second-order valence-corrected chi connectivity index (χ2v) is 4.99. The standard InChI is InChI=1S/C12H19F2NO3/c1-15(8-9(13)14)10(16)7-12(11(17)18)5-3-2-4-6-12/h9H,2-8H2,1H3,(H,17,18). The Bertz CT molecular complexity index is 314. The minimum absolute atomic E-state index is 0.175. The van der Waals surface area contributed by atoms with Gasteiger partial charge in [0.15, 0.2) is 0 Å². The zero-order valence-electron chi connectivity index (χ0n) is 10.5. The van der Waals surface area contributed by atoms with E-state index >= 15 is 0 Å². The smallest absolute Gasteiger partial charge is 0.310 e. The van der Waals surface area contributed by atoms with Crippen molar-refractivity contribution in [2.45, 2.75) is 45.0 Å². The number of halogens is 2. The monoisotopic (exact) mass is 263 g/mol. The van der Waals surface area contributed by atoms with Gasteiger partial charge in [0, 0.05) is 13.5 Å². The predicted molar refractivity (Wildman–Crippen MR) is 61.4 cm³/mol. The lowest BCUT2D eigenvalue weighted by Crippen LogP contribution is -2.41. The minimum Gasteiger partial charge on any atom is -0.481 e. The van der Waals surface area contributed by atoms with Gasteiger partial charge in [-0.15, -0.1) is 0 Å². The number of hydrogen-bond donors (Lipinski definition) is 1. The van der Waals surface area contributed by atoms with E-state index in [0.29, 0.717) is 12.8 Å². The van der Waals surface area contributed by atoms with E-state index in [1.54, 1.807) is 0 Å². The van der Waals surface area contributed by atoms with Crippen LogP contribution in [0, 0.1) is 5.41 Å². The number of hydrogen-bond acceptors (Lipinski definition) is 2. The Balaban J connectivity index is 2.66. The number of rotatable bonds is 5. The van der Waals surface area contributed by atoms with Gasteiger partial charge in [0.1, 0.15) is 0 Å². The van der Waals surface area contributed by atoms with E-state index in [0.717, 1.165) is 24.2 Å². The molecular formula is C12H19F2NO3. The maximum absolute atomic E-state index is 12.2. The Labute approximate surface area is 105 Å². The van der Waals surface area contributed by atoms with Crippen LogP contribution in [0.4, 0.5) is 8.78 Å². The van der Waals surface area contributed by atoms with Gasteiger partial charge in [0.25, 0.3) is 6.43 Å². The van der Waals surface area contributed by atoms with Crippen molar-refractivity contribution in [3.05, 3.63) is 0 Å². The number of alkyl halides is 2. The molecule has 1 aliphatic rings. The summed E-state index contributed by atoms with van der Waals surface area (Å²) in [7, 11) is 1.28. The Kier molecular flexibility index (Phi) is 5.04. The van der Waals surface area contributed by atoms with Crippen molar-refractivity contribution in [1.82, 2.24) is 4.90 Å². The molecule has 18 heavy (non-hydrogen) atoms. The molecule has 0 aromatic carbocycles. The fraction of sp³-hybridized carbons (Fsp3) is 0.833. The summed E-state index contributed by atoms with van der Waals surface area (Å²) in [4.78, 5) is 24.0. The fourth-order valence-electron chi connectivity index (χ4n) is 2.43. The molecule has 1 aliphatic carbocycles. The van der Waals surface area contributed by atoms with Gasteiger partial charge in [0.2, 0.25) is 5.91 Å². The zero-order valence-corrected chi connectivity index (χ0v) is 10.5. The SMILES string of the molecule is CN(CC(F)F)C(=O)CC1(C(=O)O)CCCCC1. The lowest BCUT2D eigenvalue weighted by molar-refractivity contribution is -0.156. The number of amides is 1. The molecule has 104 valence electrons. The highest BCUT2D eigenvalue weighted by atomic mass is 19.3. The molecule has 1 fully saturated rings. The molecular weight excluding hydrogens is 244 g/mol. The summed E-state index contributed by atoms with van der Waals surface area (Å²) in [6.07, 6.45) is 0.663. The van der Waals surface area contributed by atoms with Crippen molar-refractivity contribution in [3.63, 3.8) is 0 Å². The summed E-state index contributed by atoms with van der Waals surface area (Å²) < 4.78 is 24.3. The average molecular weight is 263 g/mol. The quantitative estimate of drug-likeness (QED) is 0.826. The molecule has 0 saturated heterocycles. The van der Waals surface area contributed by atoms with Crippen LogP contribution in [0.1, 0.15) is 38.5 Å². The molecule has 1 saturated carbocycles. The van der Waals surface area contributed by atoms with Gasteiger partial charge >= 0.3 is 5.97 Å². The molecule has 1 N–H and O–H groups in total. The van der Waals surface area contributed by atoms with Crippen LogP contribution in [-0.4, -0.2) is 41.9 Å². The highest BCUT2D eigenvalue weighted by molar-refractivity contribution is 5.85. The molecule has 0 aromatic rings. The van der Waals surface area contributed by atoms with Gasteiger partial charge < -0.3 is 10.0 Å². The molecule has 0 aromatic heterocycles. The molecule has 4 nitrogen and oxygen atoms in total. The van der Waals surface area contributed by atoms with Crippen molar-refractivity contribution in [2.75, 3.05) is 13.6 Å². The van der Waals surface area contributed by atoms with Gasteiger partial charge in [-0.3, -0.25) is 9.59 Å². The lowest BCUT2D eigenvalue weighted by Gasteiger charge is -2.33. The average Bonchev–Trinajstić information content (AvgIpc) is 2.29. The summed E-state index contributed by atoms with van der Waals surface area (Å²) in [5, 5.41) is 9.28. The third-order valence-electron chi connectivity index (χ3n) is 3.59. The highest BCUT2D eigenvalue weighted by Gasteiger charge is 2.42. The van der Waals surface area contributed by atoms with Crippen LogP contribution in [0.5, 0.6) is 0 Å². The molecule has 0 heterocycles. The zero-order chi connectivity index (χ0) is 13.8. The summed E-state index contributed by atoms with van der Waals surface area (Å²) in [5.41, 5.74) is -1.05. The third-order valence-corrected chi connectivity index (χ3v) is 3.59. The molecule has 1 amide bonds. The summed E-state index contributed by atoms with van der Waals surface area (Å²) in [5.74, 6) is -1.50. The first-order chi connectivity index (χ1) is 8.37. The van der Waals surface area contributed by atoms with E-state index in [2.05, 4.69) is 0 Å². The summed E-state index contributed by atoms with van der Waals surface area (Å²) >= 11 is 0. The third kappa shape index (κ3) is 3.65. The molecule has 1 rings (SSSR count). The van der Waals surface area contributed by atoms with Crippen molar-refractivity contribution >= 4 is 11.9 Å². The van der Waals surface area contributed by atoms with Crippen LogP contribution >= 0.6 is 0 Å². The van der Waals surface area contributed by atoms with Gasteiger partial charge in [-0.25, -0.2) is 8.78 Å². The topological polar surface area (TPSA) is 57.6 Å². The van der Waals surface area contributed by atoms with Crippen molar-refractivity contribution < 1.29 is 23.5 Å². The lowest BCUT2D eigenvalue weighted by atomic mass is 9.71. The first-order valence-electron chi connectivity index (χ1n) is 6.13. The number of carbonyl (C=O) groups excluding carboxylic acids is 1. The Morgan fingerprint density at radius 3 is 2.28 bits per heavy atom. The maximum atomic E-state index is 12.2. The second kappa shape index (κ2) is 6.11. The van der Waals surface area contributed by atoms with Gasteiger partial charge in [-0.2, -0.15) is 0 Å². The number of nitrogens with zero attached hydrogens (tertiary/aromatic N) is 1. The highest BCUT2D eigenvalue weighted by Crippen LogP contribution is 2.40. The normalized spacial score (nSPS) is 18.7. The number of carboxylic acid groups (broad SMARTS) is 1. The van der Waals surface area contributed by atoms with E-state index in [4.69, 9.17) is 0 Å². The summed E-state index contributed by atoms with van der Waals surface area (Å²) in [6, 6.07) is 0. The fourth-order valence-corrected chi connectivity index (χ4v) is 2.43. The molecule has 0 atom stereocenters. The number of aliphatic carboxylic acids is 1. The predicted octanol–water partition coefficient (Wildman–Crippen LogP) is 2.14. The van der Waals surface area contributed by atoms with E-state index in [9.17, 15) is 23.5 Å². The Morgan fingerprint density at radius 1 is 1.28 bits per heavy atom. The van der Waals surface area contributed by atoms with E-state index in [1.807, 2.05) is 0 Å². The first kappa shape index (κ1) is 14.9. The van der Waals surface area contributed by atoms with E-state index in [1.165, 1.54) is 7.05 Å². The van der Waals surface area contributed by atoms with E-state index < -0.39 is 30.3 Å². The van der Waals surface area contributed by atoms with Crippen LogP contribution < -0.4 is 0 Å². The maximum Gasteiger partial charge on any atom is 0.310 e. The Hall–Kier alpha value is -1.20. The molecule has 0 radical (unpaired) electrons. The van der Waals surface area contributed by atoms with Gasteiger partial charge in [-0.05, 0) is 12.8 Å². The number of carbonyl (C=O) groups is 2. The number of carboxylic acids is 1. The molecule has 0 spiro atoms. The second-order valence-electron chi connectivity index (χ2n) is 4.99. The van der Waals surface area contributed by atoms with Crippen molar-refractivity contribution in [2.24, 2.45) is 5.41 Å². The molecule has 0 aliphatic heterocycles. The van der Waals surface area contributed by atoms with Crippen molar-refractivity contribution in [1.29, 1.82) is 0 Å². The van der Waals surface area contributed by atoms with Gasteiger partial charge in [-0.1, -0.05) is 19.3 Å². The summed E-state index contributed by atoms with van der Waals surface area (Å²) in [6.45, 7) is -0.644. The molecule has 0 bridgehead atoms. The Morgan fingerprint density at radius 2 is 1.83 bits per heavy atom.